The highest BCUT2D eigenvalue weighted by atomic mass is 35.5. The van der Waals surface area contributed by atoms with E-state index in [0.29, 0.717) is 17.5 Å². The molecule has 0 aromatic heterocycles. The zero-order chi connectivity index (χ0) is 16.9. The van der Waals surface area contributed by atoms with Gasteiger partial charge in [-0.05, 0) is 36.5 Å². The van der Waals surface area contributed by atoms with E-state index < -0.39 is 5.41 Å². The predicted molar refractivity (Wildman–Crippen MR) is 90.4 cm³/mol. The summed E-state index contributed by atoms with van der Waals surface area (Å²) in [5.41, 5.74) is 0.287. The summed E-state index contributed by atoms with van der Waals surface area (Å²) in [4.78, 5) is 24.4. The molecule has 0 saturated heterocycles. The van der Waals surface area contributed by atoms with Crippen molar-refractivity contribution in [3.05, 3.63) is 34.9 Å². The van der Waals surface area contributed by atoms with Gasteiger partial charge in [0.25, 0.3) is 5.91 Å². The fourth-order valence-electron chi connectivity index (χ4n) is 3.00. The second-order valence-electron chi connectivity index (χ2n) is 6.57. The van der Waals surface area contributed by atoms with Crippen molar-refractivity contribution in [2.75, 3.05) is 13.2 Å². The topological polar surface area (TPSA) is 55.4 Å². The second-order valence-corrected chi connectivity index (χ2v) is 7.01. The van der Waals surface area contributed by atoms with E-state index in [4.69, 9.17) is 16.3 Å². The number of hydrogen-bond acceptors (Lipinski definition) is 3. The van der Waals surface area contributed by atoms with Crippen LogP contribution < -0.4 is 5.32 Å². The van der Waals surface area contributed by atoms with Crippen LogP contribution in [0.5, 0.6) is 0 Å². The molecule has 0 unspecified atom stereocenters. The number of amides is 1. The first kappa shape index (κ1) is 17.8. The summed E-state index contributed by atoms with van der Waals surface area (Å²) in [6.07, 6.45) is 3.47. The Morgan fingerprint density at radius 1 is 1.22 bits per heavy atom. The minimum absolute atomic E-state index is 0.221. The smallest absolute Gasteiger partial charge is 0.317 e. The Balaban J connectivity index is 2.02. The maximum Gasteiger partial charge on any atom is 0.317 e. The number of rotatable bonds is 6. The summed E-state index contributed by atoms with van der Waals surface area (Å²) in [5, 5.41) is 3.40. The van der Waals surface area contributed by atoms with E-state index in [1.807, 2.05) is 26.0 Å². The van der Waals surface area contributed by atoms with Gasteiger partial charge < -0.3 is 10.1 Å². The molecule has 0 bridgehead atoms. The molecule has 1 amide bonds. The van der Waals surface area contributed by atoms with Crippen LogP contribution in [-0.4, -0.2) is 25.0 Å². The average Bonchev–Trinajstić information content (AvgIpc) is 3.02. The molecular formula is C18H24ClNO3. The summed E-state index contributed by atoms with van der Waals surface area (Å²) < 4.78 is 5.32. The third-order valence-corrected chi connectivity index (χ3v) is 4.54. The van der Waals surface area contributed by atoms with E-state index in [2.05, 4.69) is 5.32 Å². The summed E-state index contributed by atoms with van der Waals surface area (Å²) in [5.74, 6) is -0.196. The number of nitrogens with one attached hydrogen (secondary N) is 1. The number of esters is 1. The van der Waals surface area contributed by atoms with Crippen molar-refractivity contribution in [1.29, 1.82) is 0 Å². The maximum atomic E-state index is 12.7. The molecular weight excluding hydrogens is 314 g/mol. The van der Waals surface area contributed by atoms with E-state index in [9.17, 15) is 9.59 Å². The predicted octanol–water partition coefficient (Wildman–Crippen LogP) is 3.47. The maximum absolute atomic E-state index is 12.7. The van der Waals surface area contributed by atoms with Crippen molar-refractivity contribution >= 4 is 23.5 Å². The van der Waals surface area contributed by atoms with Crippen molar-refractivity contribution in [2.45, 2.75) is 44.9 Å². The van der Waals surface area contributed by atoms with Crippen LogP contribution in [0.25, 0.3) is 0 Å². The molecule has 1 aromatic carbocycles. The molecule has 0 atom stereocenters. The van der Waals surface area contributed by atoms with Crippen LogP contribution in [0.2, 0.25) is 5.02 Å². The molecule has 1 saturated carbocycles. The van der Waals surface area contributed by atoms with E-state index in [1.165, 1.54) is 0 Å². The first-order valence-corrected chi connectivity index (χ1v) is 8.52. The highest BCUT2D eigenvalue weighted by molar-refractivity contribution is 6.30. The lowest BCUT2D eigenvalue weighted by Gasteiger charge is -2.27. The summed E-state index contributed by atoms with van der Waals surface area (Å²) >= 11 is 5.94. The lowest BCUT2D eigenvalue weighted by molar-refractivity contribution is -0.154. The number of benzene rings is 1. The Hall–Kier alpha value is -1.55. The Morgan fingerprint density at radius 2 is 1.83 bits per heavy atom. The van der Waals surface area contributed by atoms with E-state index in [0.717, 1.165) is 31.2 Å². The van der Waals surface area contributed by atoms with Crippen LogP contribution in [0.15, 0.2) is 24.3 Å². The number of ether oxygens (including phenoxy) is 1. The van der Waals surface area contributed by atoms with E-state index in [1.54, 1.807) is 12.1 Å². The third kappa shape index (κ3) is 4.47. The van der Waals surface area contributed by atoms with Gasteiger partial charge in [0, 0.05) is 11.6 Å². The van der Waals surface area contributed by atoms with Gasteiger partial charge in [-0.3, -0.25) is 9.59 Å². The molecule has 1 aliphatic rings. The van der Waals surface area contributed by atoms with Crippen LogP contribution in [0.3, 0.4) is 0 Å². The summed E-state index contributed by atoms with van der Waals surface area (Å²) in [6.45, 7) is 4.39. The van der Waals surface area contributed by atoms with Crippen molar-refractivity contribution in [3.63, 3.8) is 0 Å². The van der Waals surface area contributed by atoms with Crippen LogP contribution in [0.1, 0.15) is 45.1 Å². The van der Waals surface area contributed by atoms with Crippen molar-refractivity contribution in [1.82, 2.24) is 5.32 Å². The van der Waals surface area contributed by atoms with Crippen LogP contribution >= 0.6 is 11.6 Å². The third-order valence-electron chi connectivity index (χ3n) is 4.29. The van der Waals surface area contributed by atoms with E-state index >= 15 is 0 Å². The van der Waals surface area contributed by atoms with Crippen molar-refractivity contribution in [2.24, 2.45) is 5.92 Å². The normalized spacial score (nSPS) is 16.3. The zero-order valence-electron chi connectivity index (χ0n) is 13.7. The number of carbonyl (C=O) groups is 2. The van der Waals surface area contributed by atoms with Gasteiger partial charge >= 0.3 is 5.97 Å². The fourth-order valence-corrected chi connectivity index (χ4v) is 3.12. The van der Waals surface area contributed by atoms with Gasteiger partial charge in [-0.15, -0.1) is 0 Å². The molecule has 1 aromatic rings. The Kier molecular flexibility index (Phi) is 6.05. The van der Waals surface area contributed by atoms with Crippen molar-refractivity contribution < 1.29 is 14.3 Å². The molecule has 0 aliphatic heterocycles. The van der Waals surface area contributed by atoms with Crippen LogP contribution in [0.4, 0.5) is 0 Å². The molecule has 5 heteroatoms. The Labute approximate surface area is 142 Å². The van der Waals surface area contributed by atoms with Gasteiger partial charge in [-0.1, -0.05) is 50.4 Å². The van der Waals surface area contributed by atoms with Gasteiger partial charge in [0.2, 0.25) is 0 Å². The van der Waals surface area contributed by atoms with Crippen LogP contribution in [-0.2, 0) is 19.7 Å². The molecule has 1 aliphatic carbocycles. The zero-order valence-corrected chi connectivity index (χ0v) is 14.5. The molecule has 0 spiro atoms. The standard InChI is InChI=1S/C18H24ClNO3/c1-13(2)11-20-16(21)12-23-17(22)18(9-3-4-10-18)14-5-7-15(19)8-6-14/h5-8,13H,3-4,9-12H2,1-2H3,(H,20,21). The van der Waals surface area contributed by atoms with Gasteiger partial charge in [-0.25, -0.2) is 0 Å². The lowest BCUT2D eigenvalue weighted by Crippen LogP contribution is -2.38. The first-order chi connectivity index (χ1) is 10.9. The molecule has 126 valence electrons. The quantitative estimate of drug-likeness (QED) is 0.809. The van der Waals surface area contributed by atoms with Gasteiger partial charge in [-0.2, -0.15) is 0 Å². The number of halogens is 1. The minimum atomic E-state index is -0.636. The largest absolute Gasteiger partial charge is 0.455 e. The van der Waals surface area contributed by atoms with Gasteiger partial charge in [0.1, 0.15) is 0 Å². The summed E-state index contributed by atoms with van der Waals surface area (Å²) in [7, 11) is 0. The molecule has 0 radical (unpaired) electrons. The lowest BCUT2D eigenvalue weighted by atomic mass is 9.79. The van der Waals surface area contributed by atoms with Crippen LogP contribution in [0, 0.1) is 5.92 Å². The number of hydrogen-bond donors (Lipinski definition) is 1. The molecule has 0 heterocycles. The second kappa shape index (κ2) is 7.82. The average molecular weight is 338 g/mol. The van der Waals surface area contributed by atoms with E-state index in [-0.39, 0.29) is 18.5 Å². The minimum Gasteiger partial charge on any atom is -0.455 e. The van der Waals surface area contributed by atoms with Gasteiger partial charge in [0.15, 0.2) is 6.61 Å². The Bertz CT molecular complexity index is 548. The Morgan fingerprint density at radius 3 is 2.39 bits per heavy atom. The SMILES string of the molecule is CC(C)CNC(=O)COC(=O)C1(c2ccc(Cl)cc2)CCCC1. The highest BCUT2D eigenvalue weighted by Crippen LogP contribution is 2.42. The first-order valence-electron chi connectivity index (χ1n) is 8.14. The van der Waals surface area contributed by atoms with Gasteiger partial charge in [0.05, 0.1) is 5.41 Å². The monoisotopic (exact) mass is 337 g/mol. The summed E-state index contributed by atoms with van der Waals surface area (Å²) in [6, 6.07) is 7.35. The fraction of sp³-hybridized carbons (Fsp3) is 0.556. The van der Waals surface area contributed by atoms with Crippen molar-refractivity contribution in [3.8, 4) is 0 Å². The molecule has 1 N–H and O–H groups in total. The highest BCUT2D eigenvalue weighted by Gasteiger charge is 2.44. The molecule has 1 fully saturated rings. The number of carbonyl (C=O) groups excluding carboxylic acids is 2. The molecule has 2 rings (SSSR count). The molecule has 23 heavy (non-hydrogen) atoms. The molecule has 4 nitrogen and oxygen atoms in total.